The Morgan fingerprint density at radius 2 is 1.02 bits per heavy atom. The number of hydrogen-bond acceptors (Lipinski definition) is 12. The molecule has 0 saturated heterocycles. The molecule has 12 heteroatoms. The van der Waals surface area contributed by atoms with Gasteiger partial charge in [0.1, 0.15) is 45.3 Å². The molecule has 2 N–H and O–H groups in total. The molecule has 2 heterocycles. The van der Waals surface area contributed by atoms with E-state index < -0.39 is 46.9 Å². The monoisotopic (exact) mass is 552 g/mol. The van der Waals surface area contributed by atoms with E-state index in [1.165, 1.54) is 50.6 Å². The molecular weight excluding hydrogens is 528 g/mol. The van der Waals surface area contributed by atoms with Crippen molar-refractivity contribution in [2.24, 2.45) is 11.8 Å². The van der Waals surface area contributed by atoms with Crippen molar-refractivity contribution in [2.45, 2.75) is 11.8 Å². The van der Waals surface area contributed by atoms with Crippen molar-refractivity contribution >= 4 is 33.5 Å². The van der Waals surface area contributed by atoms with Gasteiger partial charge in [0.05, 0.1) is 40.3 Å². The van der Waals surface area contributed by atoms with E-state index in [9.17, 15) is 29.4 Å². The van der Waals surface area contributed by atoms with Crippen LogP contribution in [0.15, 0.2) is 54.8 Å². The van der Waals surface area contributed by atoms with Gasteiger partial charge in [-0.05, 0) is 35.0 Å². The highest BCUT2D eigenvalue weighted by Gasteiger charge is 2.62. The minimum Gasteiger partial charge on any atom is -0.507 e. The molecule has 0 spiro atoms. The standard InChI is InChI=1S/C28H24O12/c1-35-13-5-11-7-17(39-27(33)19(11)15(29)9-13)21-22(24(26(32)38-4)23(21)25(31)37-3)18-8-12-6-14(36-2)10-16(30)20(12)28(34)40-18/h5-10,21-24,29-30H,1-4H3. The SMILES string of the molecule is COC(=O)C1C(C(=O)OC)C(c2cc3cc(OC)cc(O)c3c(=O)o2)C1c1cc2cc(OC)cc(O)c2c(=O)o1. The highest BCUT2D eigenvalue weighted by atomic mass is 16.5. The van der Waals surface area contributed by atoms with E-state index in [2.05, 4.69) is 0 Å². The van der Waals surface area contributed by atoms with E-state index in [0.29, 0.717) is 0 Å². The topological polar surface area (TPSA) is 172 Å². The molecule has 5 rings (SSSR count). The van der Waals surface area contributed by atoms with Crippen LogP contribution in [-0.2, 0) is 19.1 Å². The van der Waals surface area contributed by atoms with Crippen LogP contribution in [0.2, 0.25) is 0 Å². The summed E-state index contributed by atoms with van der Waals surface area (Å²) in [5.74, 6) is -6.24. The molecule has 40 heavy (non-hydrogen) atoms. The van der Waals surface area contributed by atoms with E-state index in [1.807, 2.05) is 0 Å². The second-order valence-corrected chi connectivity index (χ2v) is 9.24. The smallest absolute Gasteiger partial charge is 0.347 e. The summed E-state index contributed by atoms with van der Waals surface area (Å²) in [5, 5.41) is 21.0. The maximum absolute atomic E-state index is 13.0. The highest BCUT2D eigenvalue weighted by molar-refractivity contribution is 5.91. The molecule has 2 aromatic carbocycles. The van der Waals surface area contributed by atoms with Gasteiger partial charge < -0.3 is 38.0 Å². The van der Waals surface area contributed by atoms with Gasteiger partial charge in [-0.2, -0.15) is 0 Å². The normalized spacial score (nSPS) is 20.1. The fourth-order valence-electron chi connectivity index (χ4n) is 5.48. The summed E-state index contributed by atoms with van der Waals surface area (Å²) in [6.45, 7) is 0. The predicted octanol–water partition coefficient (Wildman–Crippen LogP) is 2.79. The van der Waals surface area contributed by atoms with Crippen molar-refractivity contribution in [3.63, 3.8) is 0 Å². The third-order valence-corrected chi connectivity index (χ3v) is 7.29. The van der Waals surface area contributed by atoms with Gasteiger partial charge in [-0.3, -0.25) is 9.59 Å². The van der Waals surface area contributed by atoms with Crippen LogP contribution in [0.3, 0.4) is 0 Å². The molecule has 12 nitrogen and oxygen atoms in total. The van der Waals surface area contributed by atoms with Crippen molar-refractivity contribution in [1.29, 1.82) is 0 Å². The van der Waals surface area contributed by atoms with Crippen LogP contribution in [0, 0.1) is 11.8 Å². The number of fused-ring (bicyclic) bond motifs is 2. The molecule has 0 amide bonds. The average Bonchev–Trinajstić information content (AvgIpc) is 2.91. The van der Waals surface area contributed by atoms with Crippen LogP contribution < -0.4 is 20.7 Å². The average molecular weight is 552 g/mol. The number of methoxy groups -OCH3 is 4. The lowest BCUT2D eigenvalue weighted by atomic mass is 9.54. The summed E-state index contributed by atoms with van der Waals surface area (Å²) in [6, 6.07) is 8.38. The van der Waals surface area contributed by atoms with Crippen molar-refractivity contribution in [2.75, 3.05) is 28.4 Å². The lowest BCUT2D eigenvalue weighted by Gasteiger charge is -2.47. The molecular formula is C28H24O12. The Bertz CT molecular complexity index is 1650. The fraction of sp³-hybridized carbons (Fsp3) is 0.286. The van der Waals surface area contributed by atoms with Crippen LogP contribution in [0.1, 0.15) is 23.4 Å². The van der Waals surface area contributed by atoms with Gasteiger partial charge in [0.15, 0.2) is 0 Å². The fourth-order valence-corrected chi connectivity index (χ4v) is 5.48. The zero-order chi connectivity index (χ0) is 28.9. The summed E-state index contributed by atoms with van der Waals surface area (Å²) in [6.07, 6.45) is 0. The zero-order valence-electron chi connectivity index (χ0n) is 21.8. The molecule has 1 aliphatic rings. The minimum absolute atomic E-state index is 0.0260. The quantitative estimate of drug-likeness (QED) is 0.336. The van der Waals surface area contributed by atoms with Gasteiger partial charge in [0, 0.05) is 24.0 Å². The van der Waals surface area contributed by atoms with Gasteiger partial charge in [-0.1, -0.05) is 0 Å². The molecule has 1 fully saturated rings. The number of carbonyl (C=O) groups is 2. The number of hydrogen-bond donors (Lipinski definition) is 2. The summed E-state index contributed by atoms with van der Waals surface area (Å²) in [5.41, 5.74) is -1.79. The number of benzene rings is 2. The lowest BCUT2D eigenvalue weighted by molar-refractivity contribution is -0.170. The molecule has 4 aromatic rings. The van der Waals surface area contributed by atoms with Crippen molar-refractivity contribution in [3.05, 3.63) is 68.8 Å². The van der Waals surface area contributed by atoms with E-state index in [4.69, 9.17) is 27.8 Å². The maximum Gasteiger partial charge on any atom is 0.347 e. The van der Waals surface area contributed by atoms with E-state index in [-0.39, 0.29) is 56.1 Å². The van der Waals surface area contributed by atoms with Crippen LogP contribution in [0.5, 0.6) is 23.0 Å². The Hall–Kier alpha value is -5.00. The van der Waals surface area contributed by atoms with E-state index >= 15 is 0 Å². The summed E-state index contributed by atoms with van der Waals surface area (Å²) < 4.78 is 31.4. The Kier molecular flexibility index (Phi) is 6.62. The molecule has 208 valence electrons. The number of aromatic hydroxyl groups is 2. The number of ether oxygens (including phenoxy) is 4. The molecule has 0 bridgehead atoms. The largest absolute Gasteiger partial charge is 0.507 e. The molecule has 2 aromatic heterocycles. The van der Waals surface area contributed by atoms with Crippen LogP contribution in [0.4, 0.5) is 0 Å². The lowest BCUT2D eigenvalue weighted by Crippen LogP contribution is -2.52. The first-order chi connectivity index (χ1) is 19.1. The second-order valence-electron chi connectivity index (χ2n) is 9.24. The van der Waals surface area contributed by atoms with Gasteiger partial charge >= 0.3 is 23.2 Å². The first kappa shape index (κ1) is 26.6. The van der Waals surface area contributed by atoms with Crippen molar-refractivity contribution < 1.29 is 47.6 Å². The molecule has 1 saturated carbocycles. The Labute approximate surface area is 225 Å². The molecule has 4 atom stereocenters. The van der Waals surface area contributed by atoms with Crippen LogP contribution in [0.25, 0.3) is 21.5 Å². The zero-order valence-corrected chi connectivity index (χ0v) is 21.8. The summed E-state index contributed by atoms with van der Waals surface area (Å²) >= 11 is 0. The molecule has 0 aliphatic heterocycles. The number of rotatable bonds is 6. The van der Waals surface area contributed by atoms with Gasteiger partial charge in [0.2, 0.25) is 0 Å². The first-order valence-corrected chi connectivity index (χ1v) is 12.0. The van der Waals surface area contributed by atoms with Crippen LogP contribution in [-0.4, -0.2) is 50.6 Å². The number of carbonyl (C=O) groups excluding carboxylic acids is 2. The minimum atomic E-state index is -1.18. The van der Waals surface area contributed by atoms with Crippen molar-refractivity contribution in [3.8, 4) is 23.0 Å². The Balaban J connectivity index is 1.76. The third-order valence-electron chi connectivity index (χ3n) is 7.29. The van der Waals surface area contributed by atoms with Gasteiger partial charge in [0.25, 0.3) is 0 Å². The molecule has 1 aliphatic carbocycles. The second kappa shape index (κ2) is 9.95. The number of esters is 2. The Morgan fingerprint density at radius 3 is 1.35 bits per heavy atom. The maximum atomic E-state index is 13.0. The number of phenols is 2. The predicted molar refractivity (Wildman–Crippen MR) is 138 cm³/mol. The van der Waals surface area contributed by atoms with Crippen LogP contribution >= 0.6 is 0 Å². The summed E-state index contributed by atoms with van der Waals surface area (Å²) in [4.78, 5) is 51.8. The van der Waals surface area contributed by atoms with Gasteiger partial charge in [-0.25, -0.2) is 9.59 Å². The Morgan fingerprint density at radius 1 is 0.650 bits per heavy atom. The van der Waals surface area contributed by atoms with Crippen molar-refractivity contribution in [1.82, 2.24) is 0 Å². The number of phenolic OH excluding ortho intramolecular Hbond substituents is 2. The third kappa shape index (κ3) is 4.08. The molecule has 4 unspecified atom stereocenters. The first-order valence-electron chi connectivity index (χ1n) is 12.0. The highest BCUT2D eigenvalue weighted by Crippen LogP contribution is 2.59. The summed E-state index contributed by atoms with van der Waals surface area (Å²) in [7, 11) is 5.06. The van der Waals surface area contributed by atoms with E-state index in [1.54, 1.807) is 0 Å². The van der Waals surface area contributed by atoms with E-state index in [0.717, 1.165) is 14.2 Å². The molecule has 0 radical (unpaired) electrons. The van der Waals surface area contributed by atoms with Gasteiger partial charge in [-0.15, -0.1) is 0 Å².